The Morgan fingerprint density at radius 3 is 1.96 bits per heavy atom. The molecule has 0 aliphatic heterocycles. The summed E-state index contributed by atoms with van der Waals surface area (Å²) >= 11 is 0. The van der Waals surface area contributed by atoms with Gasteiger partial charge in [-0.3, -0.25) is 4.99 Å². The molecule has 1 atom stereocenters. The molecule has 4 nitrogen and oxygen atoms in total. The minimum Gasteiger partial charge on any atom is -0.383 e. The zero-order valence-corrected chi connectivity index (χ0v) is 17.4. The predicted molar refractivity (Wildman–Crippen MR) is 116 cm³/mol. The van der Waals surface area contributed by atoms with Crippen LogP contribution in [0.25, 0.3) is 0 Å². The summed E-state index contributed by atoms with van der Waals surface area (Å²) in [5, 5.41) is 6.78. The molecule has 2 rings (SSSR count). The fourth-order valence-electron chi connectivity index (χ4n) is 2.72. The van der Waals surface area contributed by atoms with E-state index in [-0.39, 0.29) is 35.9 Å². The second-order valence-electron chi connectivity index (χ2n) is 5.83. The van der Waals surface area contributed by atoms with Gasteiger partial charge in [0.05, 0.1) is 6.61 Å². The Hall–Kier alpha value is -1.60. The molecule has 0 bridgehead atoms. The van der Waals surface area contributed by atoms with Crippen molar-refractivity contribution in [2.75, 3.05) is 27.3 Å². The molecule has 0 heterocycles. The van der Waals surface area contributed by atoms with Crippen LogP contribution in [-0.4, -0.2) is 39.3 Å². The van der Waals surface area contributed by atoms with Crippen LogP contribution in [0.5, 0.6) is 0 Å². The Kier molecular flexibility index (Phi) is 10.2. The average molecular weight is 453 g/mol. The van der Waals surface area contributed by atoms with Gasteiger partial charge in [-0.15, -0.1) is 24.0 Å². The molecule has 5 heteroatoms. The van der Waals surface area contributed by atoms with Crippen molar-refractivity contribution in [3.8, 4) is 0 Å². The fourth-order valence-corrected chi connectivity index (χ4v) is 2.72. The lowest BCUT2D eigenvalue weighted by Crippen LogP contribution is -2.45. The van der Waals surface area contributed by atoms with Gasteiger partial charge in [-0.1, -0.05) is 60.7 Å². The van der Waals surface area contributed by atoms with E-state index < -0.39 is 0 Å². The summed E-state index contributed by atoms with van der Waals surface area (Å²) in [6.45, 7) is 3.48. The summed E-state index contributed by atoms with van der Waals surface area (Å²) in [5.74, 6) is 1.06. The number of methoxy groups -OCH3 is 1. The third kappa shape index (κ3) is 7.04. The van der Waals surface area contributed by atoms with E-state index in [1.807, 2.05) is 12.1 Å². The van der Waals surface area contributed by atoms with Crippen molar-refractivity contribution in [1.82, 2.24) is 10.6 Å². The Morgan fingerprint density at radius 1 is 1.00 bits per heavy atom. The number of nitrogens with zero attached hydrogens (tertiary/aromatic N) is 1. The number of halogens is 1. The monoisotopic (exact) mass is 453 g/mol. The molecule has 0 aliphatic rings. The van der Waals surface area contributed by atoms with Gasteiger partial charge >= 0.3 is 0 Å². The summed E-state index contributed by atoms with van der Waals surface area (Å²) in [7, 11) is 3.49. The number of rotatable bonds is 7. The van der Waals surface area contributed by atoms with Gasteiger partial charge in [-0.2, -0.15) is 0 Å². The first kappa shape index (κ1) is 21.4. The number of benzene rings is 2. The molecular weight excluding hydrogens is 425 g/mol. The third-order valence-corrected chi connectivity index (χ3v) is 3.90. The maximum absolute atomic E-state index is 5.17. The van der Waals surface area contributed by atoms with E-state index in [1.54, 1.807) is 14.2 Å². The van der Waals surface area contributed by atoms with Crippen molar-refractivity contribution >= 4 is 29.9 Å². The predicted octanol–water partition coefficient (Wildman–Crippen LogP) is 3.64. The summed E-state index contributed by atoms with van der Waals surface area (Å²) in [5.41, 5.74) is 2.58. The lowest BCUT2D eigenvalue weighted by molar-refractivity contribution is 0.179. The lowest BCUT2D eigenvalue weighted by atomic mass is 9.91. The van der Waals surface area contributed by atoms with Crippen LogP contribution in [0.2, 0.25) is 0 Å². The highest BCUT2D eigenvalue weighted by Gasteiger charge is 2.15. The molecule has 0 spiro atoms. The summed E-state index contributed by atoms with van der Waals surface area (Å²) in [4.78, 5) is 4.31. The highest BCUT2D eigenvalue weighted by Crippen LogP contribution is 2.23. The van der Waals surface area contributed by atoms with E-state index >= 15 is 0 Å². The van der Waals surface area contributed by atoms with Crippen LogP contribution in [0.4, 0.5) is 0 Å². The maximum atomic E-state index is 5.17. The van der Waals surface area contributed by atoms with E-state index in [1.165, 1.54) is 11.1 Å². The van der Waals surface area contributed by atoms with E-state index in [2.05, 4.69) is 71.1 Å². The SMILES string of the molecule is CN=C(NCC(c1ccccc1)c1ccccc1)NC(C)COC.I. The van der Waals surface area contributed by atoms with Crippen LogP contribution in [0.15, 0.2) is 65.7 Å². The normalized spacial score (nSPS) is 12.4. The van der Waals surface area contributed by atoms with Crippen molar-refractivity contribution in [2.24, 2.45) is 4.99 Å². The summed E-state index contributed by atoms with van der Waals surface area (Å²) in [6, 6.07) is 21.3. The fraction of sp³-hybridized carbons (Fsp3) is 0.350. The van der Waals surface area contributed by atoms with E-state index in [0.29, 0.717) is 6.61 Å². The molecule has 136 valence electrons. The quantitative estimate of drug-likeness (QED) is 0.383. The zero-order valence-electron chi connectivity index (χ0n) is 15.1. The lowest BCUT2D eigenvalue weighted by Gasteiger charge is -2.22. The van der Waals surface area contributed by atoms with Crippen LogP contribution in [-0.2, 0) is 4.74 Å². The minimum absolute atomic E-state index is 0. The van der Waals surface area contributed by atoms with Crippen molar-refractivity contribution in [1.29, 1.82) is 0 Å². The topological polar surface area (TPSA) is 45.7 Å². The van der Waals surface area contributed by atoms with Gasteiger partial charge in [0.25, 0.3) is 0 Å². The largest absolute Gasteiger partial charge is 0.383 e. The standard InChI is InChI=1S/C20H27N3O.HI/c1-16(15-24-3)23-20(21-2)22-14-19(17-10-6-4-7-11-17)18-12-8-5-9-13-18;/h4-13,16,19H,14-15H2,1-3H3,(H2,21,22,23);1H. The molecule has 0 fully saturated rings. The molecule has 25 heavy (non-hydrogen) atoms. The number of hydrogen-bond donors (Lipinski definition) is 2. The van der Waals surface area contributed by atoms with Crippen molar-refractivity contribution in [3.63, 3.8) is 0 Å². The van der Waals surface area contributed by atoms with Gasteiger partial charge in [0.1, 0.15) is 0 Å². The van der Waals surface area contributed by atoms with Crippen molar-refractivity contribution < 1.29 is 4.74 Å². The highest BCUT2D eigenvalue weighted by atomic mass is 127. The molecule has 0 aliphatic carbocycles. The van der Waals surface area contributed by atoms with Gasteiger partial charge in [0, 0.05) is 32.7 Å². The van der Waals surface area contributed by atoms with E-state index in [0.717, 1.165) is 12.5 Å². The van der Waals surface area contributed by atoms with Gasteiger partial charge in [0.15, 0.2) is 5.96 Å². The molecule has 2 N–H and O–H groups in total. The number of nitrogens with one attached hydrogen (secondary N) is 2. The van der Waals surface area contributed by atoms with Gasteiger partial charge < -0.3 is 15.4 Å². The third-order valence-electron chi connectivity index (χ3n) is 3.90. The van der Waals surface area contributed by atoms with Gasteiger partial charge in [-0.05, 0) is 18.1 Å². The highest BCUT2D eigenvalue weighted by molar-refractivity contribution is 14.0. The Bertz CT molecular complexity index is 580. The molecule has 2 aromatic rings. The first-order valence-electron chi connectivity index (χ1n) is 8.30. The van der Waals surface area contributed by atoms with Crippen LogP contribution in [0, 0.1) is 0 Å². The van der Waals surface area contributed by atoms with Gasteiger partial charge in [-0.25, -0.2) is 0 Å². The number of aliphatic imine (C=N–C) groups is 1. The van der Waals surface area contributed by atoms with E-state index in [4.69, 9.17) is 4.74 Å². The van der Waals surface area contributed by atoms with Crippen LogP contribution >= 0.6 is 24.0 Å². The van der Waals surface area contributed by atoms with Gasteiger partial charge in [0.2, 0.25) is 0 Å². The molecule has 1 unspecified atom stereocenters. The average Bonchev–Trinajstić information content (AvgIpc) is 2.63. The first-order valence-corrected chi connectivity index (χ1v) is 8.30. The summed E-state index contributed by atoms with van der Waals surface area (Å²) in [6.07, 6.45) is 0. The Balaban J connectivity index is 0.00000312. The first-order chi connectivity index (χ1) is 11.7. The molecule has 0 radical (unpaired) electrons. The Labute approximate surface area is 168 Å². The Morgan fingerprint density at radius 2 is 1.52 bits per heavy atom. The van der Waals surface area contributed by atoms with Crippen LogP contribution < -0.4 is 10.6 Å². The molecule has 0 aromatic heterocycles. The second kappa shape index (κ2) is 11.9. The number of guanidine groups is 1. The molecule has 0 saturated carbocycles. The smallest absolute Gasteiger partial charge is 0.191 e. The van der Waals surface area contributed by atoms with Crippen molar-refractivity contribution in [3.05, 3.63) is 71.8 Å². The molecule has 2 aromatic carbocycles. The maximum Gasteiger partial charge on any atom is 0.191 e. The minimum atomic E-state index is 0. The summed E-state index contributed by atoms with van der Waals surface area (Å²) < 4.78 is 5.17. The molecular formula is C20H28IN3O. The zero-order chi connectivity index (χ0) is 17.2. The number of ether oxygens (including phenoxy) is 1. The second-order valence-corrected chi connectivity index (χ2v) is 5.83. The molecule has 0 saturated heterocycles. The number of hydrogen-bond acceptors (Lipinski definition) is 2. The van der Waals surface area contributed by atoms with Crippen LogP contribution in [0.3, 0.4) is 0 Å². The molecule has 0 amide bonds. The van der Waals surface area contributed by atoms with E-state index in [9.17, 15) is 0 Å². The van der Waals surface area contributed by atoms with Crippen LogP contribution in [0.1, 0.15) is 24.0 Å². The van der Waals surface area contributed by atoms with Crippen molar-refractivity contribution in [2.45, 2.75) is 18.9 Å².